The molecule has 0 radical (unpaired) electrons. The Kier molecular flexibility index (Phi) is 2.54. The Hall–Kier alpha value is -0.960. The molecule has 16 heavy (non-hydrogen) atoms. The number of benzene rings is 1. The molecule has 0 amide bonds. The van der Waals surface area contributed by atoms with E-state index in [0.29, 0.717) is 16.7 Å². The first-order valence-electron chi connectivity index (χ1n) is 5.61. The van der Waals surface area contributed by atoms with Crippen molar-refractivity contribution in [2.75, 3.05) is 0 Å². The van der Waals surface area contributed by atoms with E-state index in [1.807, 2.05) is 6.92 Å². The van der Waals surface area contributed by atoms with Gasteiger partial charge in [0, 0.05) is 17.0 Å². The topological polar surface area (TPSA) is 26.0 Å². The highest BCUT2D eigenvalue weighted by Gasteiger charge is 2.50. The van der Waals surface area contributed by atoms with Crippen LogP contribution in [0.1, 0.15) is 36.5 Å². The van der Waals surface area contributed by atoms with Gasteiger partial charge in [-0.3, -0.25) is 0 Å². The Morgan fingerprint density at radius 3 is 2.31 bits per heavy atom. The second kappa shape index (κ2) is 3.52. The zero-order valence-corrected chi connectivity index (χ0v) is 9.90. The first kappa shape index (κ1) is 11.5. The molecular formula is C13H17F2N. The molecule has 1 atom stereocenters. The molecule has 88 valence electrons. The van der Waals surface area contributed by atoms with Gasteiger partial charge in [0.25, 0.3) is 0 Å². The second-order valence-electron chi connectivity index (χ2n) is 4.93. The van der Waals surface area contributed by atoms with Gasteiger partial charge in [0.15, 0.2) is 0 Å². The molecule has 1 nitrogen and oxygen atoms in total. The van der Waals surface area contributed by atoms with Gasteiger partial charge in [-0.2, -0.15) is 0 Å². The Morgan fingerprint density at radius 2 is 1.88 bits per heavy atom. The summed E-state index contributed by atoms with van der Waals surface area (Å²) in [6, 6.07) is 1.12. The lowest BCUT2D eigenvalue weighted by molar-refractivity contribution is 0.494. The van der Waals surface area contributed by atoms with Crippen LogP contribution in [0.15, 0.2) is 6.07 Å². The minimum atomic E-state index is -0.333. The Bertz CT molecular complexity index is 408. The Balaban J connectivity index is 2.65. The summed E-state index contributed by atoms with van der Waals surface area (Å²) in [5.41, 5.74) is 6.86. The molecule has 2 rings (SSSR count). The quantitative estimate of drug-likeness (QED) is 0.822. The fourth-order valence-electron chi connectivity index (χ4n) is 2.50. The zero-order valence-electron chi connectivity index (χ0n) is 9.90. The van der Waals surface area contributed by atoms with Crippen LogP contribution in [0.3, 0.4) is 0 Å². The number of hydrogen-bond donors (Lipinski definition) is 1. The third kappa shape index (κ3) is 1.46. The van der Waals surface area contributed by atoms with Crippen molar-refractivity contribution in [3.8, 4) is 0 Å². The summed E-state index contributed by atoms with van der Waals surface area (Å²) in [6.07, 6.45) is 1.70. The van der Waals surface area contributed by atoms with Crippen LogP contribution in [0.5, 0.6) is 0 Å². The van der Waals surface area contributed by atoms with Gasteiger partial charge in [0.2, 0.25) is 0 Å². The van der Waals surface area contributed by atoms with Crippen molar-refractivity contribution >= 4 is 0 Å². The van der Waals surface area contributed by atoms with Crippen LogP contribution in [0, 0.1) is 25.5 Å². The summed E-state index contributed by atoms with van der Waals surface area (Å²) in [6.45, 7) is 5.10. The van der Waals surface area contributed by atoms with Gasteiger partial charge in [-0.05, 0) is 50.8 Å². The molecule has 1 unspecified atom stereocenters. The van der Waals surface area contributed by atoms with Crippen LogP contribution < -0.4 is 5.73 Å². The standard InChI is InChI=1S/C13H17F2N/c1-7-6-10(14)8(2)11(12(7)15)13(4-5-13)9(3)16/h6,9H,4-5,16H2,1-3H3. The third-order valence-corrected chi connectivity index (χ3v) is 3.80. The van der Waals surface area contributed by atoms with E-state index in [-0.39, 0.29) is 23.1 Å². The van der Waals surface area contributed by atoms with Gasteiger partial charge >= 0.3 is 0 Å². The number of aryl methyl sites for hydroxylation is 1. The van der Waals surface area contributed by atoms with Crippen LogP contribution in [-0.4, -0.2) is 6.04 Å². The third-order valence-electron chi connectivity index (χ3n) is 3.80. The molecule has 1 aliphatic carbocycles. The molecule has 3 heteroatoms. The molecule has 1 saturated carbocycles. The van der Waals surface area contributed by atoms with Crippen LogP contribution >= 0.6 is 0 Å². The largest absolute Gasteiger partial charge is 0.327 e. The number of hydrogen-bond acceptors (Lipinski definition) is 1. The van der Waals surface area contributed by atoms with Crippen molar-refractivity contribution in [2.45, 2.75) is 45.1 Å². The van der Waals surface area contributed by atoms with E-state index in [2.05, 4.69) is 0 Å². The maximum Gasteiger partial charge on any atom is 0.130 e. The molecule has 0 aromatic heterocycles. The van der Waals surface area contributed by atoms with E-state index in [1.54, 1.807) is 13.8 Å². The van der Waals surface area contributed by atoms with Crippen LogP contribution in [0.4, 0.5) is 8.78 Å². The van der Waals surface area contributed by atoms with E-state index in [0.717, 1.165) is 12.8 Å². The monoisotopic (exact) mass is 225 g/mol. The molecule has 2 N–H and O–H groups in total. The van der Waals surface area contributed by atoms with Crippen LogP contribution in [0.25, 0.3) is 0 Å². The highest BCUT2D eigenvalue weighted by Crippen LogP contribution is 2.52. The van der Waals surface area contributed by atoms with E-state index in [9.17, 15) is 8.78 Å². The fraction of sp³-hybridized carbons (Fsp3) is 0.538. The van der Waals surface area contributed by atoms with Gasteiger partial charge in [-0.25, -0.2) is 8.78 Å². The summed E-state index contributed by atoms with van der Waals surface area (Å²) in [4.78, 5) is 0. The molecule has 1 fully saturated rings. The first-order valence-corrected chi connectivity index (χ1v) is 5.61. The number of nitrogens with two attached hydrogens (primary N) is 1. The Morgan fingerprint density at radius 1 is 1.31 bits per heavy atom. The predicted octanol–water partition coefficient (Wildman–Crippen LogP) is 2.96. The van der Waals surface area contributed by atoms with Gasteiger partial charge < -0.3 is 5.73 Å². The molecule has 1 aliphatic rings. The van der Waals surface area contributed by atoms with Crippen molar-refractivity contribution in [1.82, 2.24) is 0 Å². The minimum Gasteiger partial charge on any atom is -0.327 e. The van der Waals surface area contributed by atoms with Crippen LogP contribution in [-0.2, 0) is 5.41 Å². The van der Waals surface area contributed by atoms with Crippen LogP contribution in [0.2, 0.25) is 0 Å². The molecule has 1 aromatic carbocycles. The van der Waals surface area contributed by atoms with Crippen molar-refractivity contribution in [1.29, 1.82) is 0 Å². The maximum absolute atomic E-state index is 14.1. The lowest BCUT2D eigenvalue weighted by Gasteiger charge is -2.24. The molecule has 0 spiro atoms. The van der Waals surface area contributed by atoms with E-state index >= 15 is 0 Å². The van der Waals surface area contributed by atoms with Crippen molar-refractivity contribution in [2.24, 2.45) is 5.73 Å². The van der Waals surface area contributed by atoms with Gasteiger partial charge in [0.05, 0.1) is 0 Å². The van der Waals surface area contributed by atoms with Gasteiger partial charge in [-0.1, -0.05) is 0 Å². The molecule has 1 aromatic rings. The Labute approximate surface area is 94.7 Å². The van der Waals surface area contributed by atoms with E-state index in [4.69, 9.17) is 5.73 Å². The molecule has 0 heterocycles. The minimum absolute atomic E-state index is 0.137. The average Bonchev–Trinajstić information content (AvgIpc) is 2.97. The van der Waals surface area contributed by atoms with Gasteiger partial charge in [0.1, 0.15) is 11.6 Å². The molecule has 0 bridgehead atoms. The molecule has 0 aliphatic heterocycles. The maximum atomic E-state index is 14.1. The summed E-state index contributed by atoms with van der Waals surface area (Å²) in [5, 5.41) is 0. The summed E-state index contributed by atoms with van der Waals surface area (Å²) < 4.78 is 27.8. The van der Waals surface area contributed by atoms with E-state index < -0.39 is 0 Å². The number of halogens is 2. The zero-order chi connectivity index (χ0) is 12.1. The highest BCUT2D eigenvalue weighted by molar-refractivity contribution is 5.44. The van der Waals surface area contributed by atoms with Gasteiger partial charge in [-0.15, -0.1) is 0 Å². The predicted molar refractivity (Wildman–Crippen MR) is 60.4 cm³/mol. The number of rotatable bonds is 2. The fourth-order valence-corrected chi connectivity index (χ4v) is 2.50. The lowest BCUT2D eigenvalue weighted by Crippen LogP contribution is -2.33. The second-order valence-corrected chi connectivity index (χ2v) is 4.93. The smallest absolute Gasteiger partial charge is 0.130 e. The first-order chi connectivity index (χ1) is 7.40. The summed E-state index contributed by atoms with van der Waals surface area (Å²) >= 11 is 0. The van der Waals surface area contributed by atoms with Crippen molar-refractivity contribution in [3.63, 3.8) is 0 Å². The lowest BCUT2D eigenvalue weighted by atomic mass is 9.84. The summed E-state index contributed by atoms with van der Waals surface area (Å²) in [5.74, 6) is -0.616. The molecular weight excluding hydrogens is 208 g/mol. The summed E-state index contributed by atoms with van der Waals surface area (Å²) in [7, 11) is 0. The van der Waals surface area contributed by atoms with E-state index in [1.165, 1.54) is 6.07 Å². The molecule has 0 saturated heterocycles. The van der Waals surface area contributed by atoms with Crippen molar-refractivity contribution < 1.29 is 8.78 Å². The van der Waals surface area contributed by atoms with Crippen molar-refractivity contribution in [3.05, 3.63) is 34.4 Å². The normalized spacial score (nSPS) is 19.6. The SMILES string of the molecule is Cc1cc(F)c(C)c(C2(C(C)N)CC2)c1F. The average molecular weight is 225 g/mol. The highest BCUT2D eigenvalue weighted by atomic mass is 19.1.